The molecule has 3 nitrogen and oxygen atoms in total. The summed E-state index contributed by atoms with van der Waals surface area (Å²) in [6.45, 7) is 6.24. The van der Waals surface area contributed by atoms with Crippen LogP contribution in [0.25, 0.3) is 0 Å². The van der Waals surface area contributed by atoms with E-state index in [-0.39, 0.29) is 6.04 Å². The number of benzene rings is 1. The number of aromatic nitrogens is 1. The second kappa shape index (κ2) is 5.61. The third-order valence-electron chi connectivity index (χ3n) is 3.06. The Kier molecular flexibility index (Phi) is 4.11. The second-order valence-electron chi connectivity index (χ2n) is 4.67. The van der Waals surface area contributed by atoms with Gasteiger partial charge in [0.25, 0.3) is 0 Å². The van der Waals surface area contributed by atoms with Gasteiger partial charge in [-0.25, -0.2) is 4.98 Å². The zero-order valence-electron chi connectivity index (χ0n) is 11.0. The van der Waals surface area contributed by atoms with Crippen LogP contribution in [0.5, 0.6) is 0 Å². The van der Waals surface area contributed by atoms with Gasteiger partial charge < -0.3 is 0 Å². The van der Waals surface area contributed by atoms with Crippen LogP contribution in [0.4, 0.5) is 0 Å². The van der Waals surface area contributed by atoms with E-state index in [1.165, 1.54) is 16.7 Å². The minimum Gasteiger partial charge on any atom is -0.271 e. The van der Waals surface area contributed by atoms with Crippen LogP contribution in [0.3, 0.4) is 0 Å². The van der Waals surface area contributed by atoms with Crippen molar-refractivity contribution in [3.63, 3.8) is 0 Å². The first kappa shape index (κ1) is 13.2. The predicted molar refractivity (Wildman–Crippen MR) is 76.5 cm³/mol. The maximum Gasteiger partial charge on any atom is 0.0947 e. The average Bonchev–Trinajstić information content (AvgIpc) is 2.75. The molecule has 3 N–H and O–H groups in total. The van der Waals surface area contributed by atoms with Gasteiger partial charge in [-0.15, -0.1) is 11.3 Å². The van der Waals surface area contributed by atoms with Crippen molar-refractivity contribution in [2.45, 2.75) is 33.2 Å². The van der Waals surface area contributed by atoms with Crippen LogP contribution in [-0.4, -0.2) is 4.98 Å². The number of thiazole rings is 1. The maximum absolute atomic E-state index is 5.71. The van der Waals surface area contributed by atoms with E-state index in [2.05, 4.69) is 47.8 Å². The zero-order valence-corrected chi connectivity index (χ0v) is 11.8. The molecule has 1 aromatic heterocycles. The topological polar surface area (TPSA) is 50.9 Å². The van der Waals surface area contributed by atoms with Crippen LogP contribution >= 0.6 is 11.3 Å². The number of hydrazine groups is 1. The maximum atomic E-state index is 5.71. The van der Waals surface area contributed by atoms with Crippen LogP contribution < -0.4 is 11.3 Å². The van der Waals surface area contributed by atoms with E-state index in [9.17, 15) is 0 Å². The highest BCUT2D eigenvalue weighted by Gasteiger charge is 2.14. The molecule has 96 valence electrons. The molecule has 0 aliphatic heterocycles. The lowest BCUT2D eigenvalue weighted by Gasteiger charge is -2.18. The molecule has 0 amide bonds. The van der Waals surface area contributed by atoms with Crippen LogP contribution in [-0.2, 0) is 6.42 Å². The molecule has 2 rings (SSSR count). The molecule has 18 heavy (non-hydrogen) atoms. The molecule has 1 atom stereocenters. The molecule has 0 bridgehead atoms. The molecule has 1 heterocycles. The first-order valence-corrected chi connectivity index (χ1v) is 6.92. The van der Waals surface area contributed by atoms with Gasteiger partial charge in [0.15, 0.2) is 0 Å². The number of nitrogens with two attached hydrogens (primary N) is 1. The van der Waals surface area contributed by atoms with Crippen molar-refractivity contribution in [1.82, 2.24) is 10.4 Å². The van der Waals surface area contributed by atoms with E-state index in [0.29, 0.717) is 0 Å². The Bertz CT molecular complexity index is 534. The molecule has 0 fully saturated rings. The van der Waals surface area contributed by atoms with E-state index in [4.69, 9.17) is 5.84 Å². The summed E-state index contributed by atoms with van der Waals surface area (Å²) in [5.41, 5.74) is 7.76. The molecule has 4 heteroatoms. The summed E-state index contributed by atoms with van der Waals surface area (Å²) >= 11 is 1.69. The van der Waals surface area contributed by atoms with Gasteiger partial charge in [-0.05, 0) is 31.9 Å². The number of hydrogen-bond donors (Lipinski definition) is 2. The number of aryl methyl sites for hydroxylation is 3. The van der Waals surface area contributed by atoms with Gasteiger partial charge in [0.05, 0.1) is 11.0 Å². The number of nitrogens with one attached hydrogen (secondary N) is 1. The molecule has 0 aliphatic carbocycles. The summed E-state index contributed by atoms with van der Waals surface area (Å²) in [5.74, 6) is 5.71. The van der Waals surface area contributed by atoms with Crippen molar-refractivity contribution < 1.29 is 0 Å². The third kappa shape index (κ3) is 2.96. The molecule has 0 spiro atoms. The van der Waals surface area contributed by atoms with Gasteiger partial charge >= 0.3 is 0 Å². The quantitative estimate of drug-likeness (QED) is 0.657. The Morgan fingerprint density at radius 1 is 1.33 bits per heavy atom. The normalized spacial score (nSPS) is 12.7. The van der Waals surface area contributed by atoms with Crippen LogP contribution in [0.15, 0.2) is 23.6 Å². The highest BCUT2D eigenvalue weighted by Crippen LogP contribution is 2.23. The van der Waals surface area contributed by atoms with Gasteiger partial charge in [0, 0.05) is 17.5 Å². The molecule has 2 aromatic rings. The summed E-state index contributed by atoms with van der Waals surface area (Å²) in [5, 5.41) is 3.20. The predicted octanol–water partition coefficient (Wildman–Crippen LogP) is 2.82. The van der Waals surface area contributed by atoms with Gasteiger partial charge in [0.1, 0.15) is 0 Å². The van der Waals surface area contributed by atoms with Gasteiger partial charge in [-0.1, -0.05) is 23.8 Å². The minimum absolute atomic E-state index is 0.121. The van der Waals surface area contributed by atoms with E-state index in [1.807, 2.05) is 6.92 Å². The van der Waals surface area contributed by atoms with Gasteiger partial charge in [0.2, 0.25) is 0 Å². The molecule has 1 aromatic carbocycles. The SMILES string of the molecule is Cc1ccc(C)c(C(Cc2nc(C)cs2)NN)c1. The van der Waals surface area contributed by atoms with E-state index in [0.717, 1.165) is 17.1 Å². The molecule has 0 aliphatic rings. The molecule has 0 saturated carbocycles. The fourth-order valence-electron chi connectivity index (χ4n) is 2.07. The van der Waals surface area contributed by atoms with Crippen molar-refractivity contribution in [1.29, 1.82) is 0 Å². The Morgan fingerprint density at radius 2 is 2.11 bits per heavy atom. The van der Waals surface area contributed by atoms with Crippen molar-refractivity contribution in [3.8, 4) is 0 Å². The molecular formula is C14H19N3S. The van der Waals surface area contributed by atoms with Crippen molar-refractivity contribution >= 4 is 11.3 Å². The number of rotatable bonds is 4. The standard InChI is InChI=1S/C14H19N3S/c1-9-4-5-10(2)12(6-9)13(17-15)7-14-16-11(3)8-18-14/h4-6,8,13,17H,7,15H2,1-3H3. The molecular weight excluding hydrogens is 242 g/mol. The monoisotopic (exact) mass is 261 g/mol. The molecule has 0 radical (unpaired) electrons. The smallest absolute Gasteiger partial charge is 0.0947 e. The number of nitrogens with zero attached hydrogens (tertiary/aromatic N) is 1. The lowest BCUT2D eigenvalue weighted by molar-refractivity contribution is 0.547. The summed E-state index contributed by atoms with van der Waals surface area (Å²) < 4.78 is 0. The fourth-order valence-corrected chi connectivity index (χ4v) is 2.88. The molecule has 0 saturated heterocycles. The minimum atomic E-state index is 0.121. The van der Waals surface area contributed by atoms with E-state index in [1.54, 1.807) is 11.3 Å². The number of hydrogen-bond acceptors (Lipinski definition) is 4. The zero-order chi connectivity index (χ0) is 13.1. The largest absolute Gasteiger partial charge is 0.271 e. The fraction of sp³-hybridized carbons (Fsp3) is 0.357. The van der Waals surface area contributed by atoms with E-state index < -0.39 is 0 Å². The Labute approximate surface area is 112 Å². The van der Waals surface area contributed by atoms with Gasteiger partial charge in [-0.3, -0.25) is 11.3 Å². The average molecular weight is 261 g/mol. The lowest BCUT2D eigenvalue weighted by atomic mass is 9.97. The Morgan fingerprint density at radius 3 is 2.72 bits per heavy atom. The summed E-state index contributed by atoms with van der Waals surface area (Å²) in [6.07, 6.45) is 0.833. The van der Waals surface area contributed by atoms with Crippen LogP contribution in [0.2, 0.25) is 0 Å². The first-order valence-electron chi connectivity index (χ1n) is 6.04. The van der Waals surface area contributed by atoms with E-state index >= 15 is 0 Å². The third-order valence-corrected chi connectivity index (χ3v) is 4.05. The van der Waals surface area contributed by atoms with Crippen molar-refractivity contribution in [3.05, 3.63) is 51.0 Å². The lowest BCUT2D eigenvalue weighted by Crippen LogP contribution is -2.30. The van der Waals surface area contributed by atoms with Crippen LogP contribution in [0.1, 0.15) is 33.4 Å². The van der Waals surface area contributed by atoms with Crippen molar-refractivity contribution in [2.75, 3.05) is 0 Å². The van der Waals surface area contributed by atoms with Crippen LogP contribution in [0, 0.1) is 20.8 Å². The summed E-state index contributed by atoms with van der Waals surface area (Å²) in [7, 11) is 0. The van der Waals surface area contributed by atoms with Gasteiger partial charge in [-0.2, -0.15) is 0 Å². The van der Waals surface area contributed by atoms with Crippen molar-refractivity contribution in [2.24, 2.45) is 5.84 Å². The summed E-state index contributed by atoms with van der Waals surface area (Å²) in [4.78, 5) is 4.50. The highest BCUT2D eigenvalue weighted by molar-refractivity contribution is 7.09. The molecule has 1 unspecified atom stereocenters. The second-order valence-corrected chi connectivity index (χ2v) is 5.61. The first-order chi connectivity index (χ1) is 8.60. The highest BCUT2D eigenvalue weighted by atomic mass is 32.1. The summed E-state index contributed by atoms with van der Waals surface area (Å²) in [6, 6.07) is 6.58. The Hall–Kier alpha value is -1.23. The Balaban J connectivity index is 2.25.